The van der Waals surface area contributed by atoms with E-state index < -0.39 is 10.1 Å². The molecule has 0 aromatic carbocycles. The van der Waals surface area contributed by atoms with Crippen molar-refractivity contribution in [2.24, 2.45) is 29.6 Å². The quantitative estimate of drug-likeness (QED) is 0.724. The van der Waals surface area contributed by atoms with Gasteiger partial charge in [-0.25, -0.2) is 0 Å². The van der Waals surface area contributed by atoms with Crippen LogP contribution in [0.2, 0.25) is 0 Å². The highest BCUT2D eigenvalue weighted by atomic mass is 32.2. The summed E-state index contributed by atoms with van der Waals surface area (Å²) in [6, 6.07) is 0. The van der Waals surface area contributed by atoms with Gasteiger partial charge in [-0.05, 0) is 55.3 Å². The molecule has 0 N–H and O–H groups in total. The Hall–Kier alpha value is -0.0900. The lowest BCUT2D eigenvalue weighted by Crippen LogP contribution is -2.30. The number of hydrogen-bond donors (Lipinski definition) is 0. The molecule has 18 heavy (non-hydrogen) atoms. The van der Waals surface area contributed by atoms with Crippen molar-refractivity contribution in [3.05, 3.63) is 0 Å². The molecule has 0 aliphatic heterocycles. The molecular formula is C14H26O3S. The molecule has 3 nitrogen and oxygen atoms in total. The summed E-state index contributed by atoms with van der Waals surface area (Å²) in [6.45, 7) is 6.64. The molecule has 106 valence electrons. The summed E-state index contributed by atoms with van der Waals surface area (Å²) < 4.78 is 28.4. The Bertz CT molecular complexity index is 388. The third-order valence-corrected chi connectivity index (χ3v) is 7.50. The summed E-state index contributed by atoms with van der Waals surface area (Å²) in [5, 5.41) is -0.311. The van der Waals surface area contributed by atoms with E-state index >= 15 is 0 Å². The summed E-state index contributed by atoms with van der Waals surface area (Å²) in [4.78, 5) is 0. The summed E-state index contributed by atoms with van der Waals surface area (Å²) in [7, 11) is -2.06. The van der Waals surface area contributed by atoms with Crippen molar-refractivity contribution in [2.75, 3.05) is 7.11 Å². The van der Waals surface area contributed by atoms with Crippen LogP contribution in [-0.2, 0) is 14.3 Å². The molecule has 2 bridgehead atoms. The van der Waals surface area contributed by atoms with E-state index in [0.717, 1.165) is 30.1 Å². The molecule has 4 heteroatoms. The molecule has 2 aliphatic rings. The van der Waals surface area contributed by atoms with Gasteiger partial charge in [0.25, 0.3) is 10.1 Å². The van der Waals surface area contributed by atoms with Crippen molar-refractivity contribution >= 4 is 10.1 Å². The number of hydrogen-bond acceptors (Lipinski definition) is 3. The van der Waals surface area contributed by atoms with Crippen LogP contribution in [0.5, 0.6) is 0 Å². The van der Waals surface area contributed by atoms with Crippen molar-refractivity contribution in [1.29, 1.82) is 0 Å². The number of rotatable bonds is 5. The van der Waals surface area contributed by atoms with Gasteiger partial charge in [0, 0.05) is 0 Å². The van der Waals surface area contributed by atoms with E-state index in [1.165, 1.54) is 20.0 Å². The molecule has 0 aromatic heterocycles. The van der Waals surface area contributed by atoms with E-state index in [4.69, 9.17) is 4.18 Å². The Morgan fingerprint density at radius 2 is 1.89 bits per heavy atom. The highest BCUT2D eigenvalue weighted by Crippen LogP contribution is 2.56. The number of fused-ring (bicyclic) bond motifs is 2. The zero-order valence-electron chi connectivity index (χ0n) is 11.9. The molecule has 0 radical (unpaired) electrons. The standard InChI is InChI=1S/C14H26O3S/c1-5-13(18(15,16)17-4)7-12-6-11-8-14(12)10(3)9(11)2/h9-14H,5-8H2,1-4H3. The Labute approximate surface area is 111 Å². The van der Waals surface area contributed by atoms with Crippen LogP contribution in [0.3, 0.4) is 0 Å². The Kier molecular flexibility index (Phi) is 4.07. The maximum atomic E-state index is 11.8. The minimum atomic E-state index is -3.35. The van der Waals surface area contributed by atoms with Crippen LogP contribution >= 0.6 is 0 Å². The normalized spacial score (nSPS) is 41.2. The van der Waals surface area contributed by atoms with Crippen molar-refractivity contribution in [3.63, 3.8) is 0 Å². The van der Waals surface area contributed by atoms with E-state index in [2.05, 4.69) is 13.8 Å². The van der Waals surface area contributed by atoms with E-state index in [1.54, 1.807) is 0 Å². The molecule has 2 saturated carbocycles. The van der Waals surface area contributed by atoms with Crippen LogP contribution in [0.4, 0.5) is 0 Å². The Morgan fingerprint density at radius 1 is 1.22 bits per heavy atom. The molecule has 0 heterocycles. The summed E-state index contributed by atoms with van der Waals surface area (Å²) >= 11 is 0. The van der Waals surface area contributed by atoms with Gasteiger partial charge in [0.05, 0.1) is 12.4 Å². The van der Waals surface area contributed by atoms with Crippen molar-refractivity contribution < 1.29 is 12.6 Å². The molecule has 2 fully saturated rings. The van der Waals surface area contributed by atoms with Gasteiger partial charge >= 0.3 is 0 Å². The van der Waals surface area contributed by atoms with E-state index in [-0.39, 0.29) is 5.25 Å². The van der Waals surface area contributed by atoms with Crippen molar-refractivity contribution in [1.82, 2.24) is 0 Å². The maximum Gasteiger partial charge on any atom is 0.269 e. The van der Waals surface area contributed by atoms with Gasteiger partial charge in [-0.1, -0.05) is 20.8 Å². The summed E-state index contributed by atoms with van der Waals surface area (Å²) in [5.74, 6) is 3.75. The zero-order valence-corrected chi connectivity index (χ0v) is 12.7. The maximum absolute atomic E-state index is 11.8. The fourth-order valence-electron chi connectivity index (χ4n) is 4.33. The van der Waals surface area contributed by atoms with E-state index in [1.807, 2.05) is 6.92 Å². The molecule has 2 aliphatic carbocycles. The highest BCUT2D eigenvalue weighted by molar-refractivity contribution is 7.87. The monoisotopic (exact) mass is 274 g/mol. The average Bonchev–Trinajstić information content (AvgIpc) is 2.87. The molecule has 0 aromatic rings. The SMILES string of the molecule is CCC(CC1CC2CC1C(C)C2C)S(=O)(=O)OC. The van der Waals surface area contributed by atoms with Gasteiger partial charge in [-0.15, -0.1) is 0 Å². The van der Waals surface area contributed by atoms with Gasteiger partial charge in [0.1, 0.15) is 0 Å². The van der Waals surface area contributed by atoms with Crippen LogP contribution in [0.25, 0.3) is 0 Å². The molecule has 0 amide bonds. The second-order valence-electron chi connectivity index (χ2n) is 6.30. The first-order chi connectivity index (χ1) is 8.40. The topological polar surface area (TPSA) is 43.4 Å². The molecular weight excluding hydrogens is 248 g/mol. The Balaban J connectivity index is 2.03. The van der Waals surface area contributed by atoms with Crippen LogP contribution in [0.1, 0.15) is 46.5 Å². The molecule has 6 atom stereocenters. The first kappa shape index (κ1) is 14.3. The van der Waals surface area contributed by atoms with Crippen molar-refractivity contribution in [2.45, 2.75) is 51.7 Å². The minimum absolute atomic E-state index is 0.311. The van der Waals surface area contributed by atoms with Crippen molar-refractivity contribution in [3.8, 4) is 0 Å². The molecule has 0 spiro atoms. The van der Waals surface area contributed by atoms with Gasteiger partial charge in [0.2, 0.25) is 0 Å². The van der Waals surface area contributed by atoms with E-state index in [0.29, 0.717) is 12.3 Å². The lowest BCUT2D eigenvalue weighted by Gasteiger charge is -2.33. The van der Waals surface area contributed by atoms with Gasteiger partial charge in [-0.2, -0.15) is 8.42 Å². The van der Waals surface area contributed by atoms with Crippen LogP contribution in [0.15, 0.2) is 0 Å². The summed E-state index contributed by atoms with van der Waals surface area (Å²) in [5.41, 5.74) is 0. The minimum Gasteiger partial charge on any atom is -0.273 e. The van der Waals surface area contributed by atoms with Crippen LogP contribution in [0, 0.1) is 29.6 Å². The lowest BCUT2D eigenvalue weighted by atomic mass is 9.74. The van der Waals surface area contributed by atoms with Gasteiger partial charge in [0.15, 0.2) is 0 Å². The zero-order chi connectivity index (χ0) is 13.5. The van der Waals surface area contributed by atoms with Gasteiger partial charge in [-0.3, -0.25) is 4.18 Å². The van der Waals surface area contributed by atoms with Crippen LogP contribution < -0.4 is 0 Å². The highest BCUT2D eigenvalue weighted by Gasteiger charge is 2.49. The predicted molar refractivity (Wildman–Crippen MR) is 72.7 cm³/mol. The first-order valence-electron chi connectivity index (χ1n) is 7.20. The fourth-order valence-corrected chi connectivity index (χ4v) is 5.49. The predicted octanol–water partition coefficient (Wildman–Crippen LogP) is 3.06. The fraction of sp³-hybridized carbons (Fsp3) is 1.00. The average molecular weight is 274 g/mol. The third-order valence-electron chi connectivity index (χ3n) is 5.70. The third kappa shape index (κ3) is 2.34. The molecule has 0 saturated heterocycles. The van der Waals surface area contributed by atoms with Crippen LogP contribution in [-0.4, -0.2) is 20.8 Å². The first-order valence-corrected chi connectivity index (χ1v) is 8.67. The molecule has 6 unspecified atom stereocenters. The lowest BCUT2D eigenvalue weighted by molar-refractivity contribution is 0.178. The summed E-state index contributed by atoms with van der Waals surface area (Å²) in [6.07, 6.45) is 4.00. The second kappa shape index (κ2) is 5.12. The van der Waals surface area contributed by atoms with E-state index in [9.17, 15) is 8.42 Å². The van der Waals surface area contributed by atoms with Gasteiger partial charge < -0.3 is 0 Å². The largest absolute Gasteiger partial charge is 0.273 e. The smallest absolute Gasteiger partial charge is 0.269 e. The second-order valence-corrected chi connectivity index (χ2v) is 8.28. The Morgan fingerprint density at radius 3 is 2.33 bits per heavy atom. The molecule has 2 rings (SSSR count).